The van der Waals surface area contributed by atoms with E-state index in [9.17, 15) is 18.0 Å². The topological polar surface area (TPSA) is 92.3 Å². The van der Waals surface area contributed by atoms with Crippen molar-refractivity contribution in [3.8, 4) is 0 Å². The van der Waals surface area contributed by atoms with Crippen molar-refractivity contribution in [2.24, 2.45) is 0 Å². The second kappa shape index (κ2) is 7.27. The first-order valence-electron chi connectivity index (χ1n) is 7.25. The number of amides is 2. The van der Waals surface area contributed by atoms with Gasteiger partial charge < -0.3 is 5.32 Å². The summed E-state index contributed by atoms with van der Waals surface area (Å²) < 4.78 is 25.5. The van der Waals surface area contributed by atoms with Crippen LogP contribution in [0, 0.1) is 6.92 Å². The highest BCUT2D eigenvalue weighted by molar-refractivity contribution is 7.90. The number of carbonyl (C=O) groups is 2. The van der Waals surface area contributed by atoms with Gasteiger partial charge >= 0.3 is 0 Å². The van der Waals surface area contributed by atoms with Gasteiger partial charge in [-0.15, -0.1) is 0 Å². The number of carbonyl (C=O) groups excluding carboxylic acids is 2. The monoisotopic (exact) mass is 346 g/mol. The molecule has 0 saturated heterocycles. The molecule has 2 aromatic carbocycles. The fourth-order valence-electron chi connectivity index (χ4n) is 2.06. The van der Waals surface area contributed by atoms with Crippen LogP contribution >= 0.6 is 0 Å². The van der Waals surface area contributed by atoms with Crippen LogP contribution in [0.3, 0.4) is 0 Å². The molecule has 0 fully saturated rings. The molecule has 0 atom stereocenters. The predicted octanol–water partition coefficient (Wildman–Crippen LogP) is 2.00. The lowest BCUT2D eigenvalue weighted by molar-refractivity contribution is -0.117. The van der Waals surface area contributed by atoms with Gasteiger partial charge in [-0.25, -0.2) is 13.1 Å². The van der Waals surface area contributed by atoms with Crippen LogP contribution in [0.2, 0.25) is 0 Å². The van der Waals surface area contributed by atoms with Gasteiger partial charge in [0.2, 0.25) is 11.8 Å². The van der Waals surface area contributed by atoms with E-state index in [0.717, 1.165) is 18.1 Å². The maximum Gasteiger partial charge on any atom is 0.264 e. The van der Waals surface area contributed by atoms with Gasteiger partial charge in [0.05, 0.1) is 11.3 Å². The molecule has 2 N–H and O–H groups in total. The van der Waals surface area contributed by atoms with Gasteiger partial charge in [0, 0.05) is 12.6 Å². The van der Waals surface area contributed by atoms with Crippen molar-refractivity contribution < 1.29 is 18.0 Å². The van der Waals surface area contributed by atoms with E-state index in [2.05, 4.69) is 5.32 Å². The van der Waals surface area contributed by atoms with E-state index in [1.165, 1.54) is 24.3 Å². The molecule has 0 aromatic heterocycles. The minimum Gasteiger partial charge on any atom is -0.326 e. The average Bonchev–Trinajstić information content (AvgIpc) is 2.49. The summed E-state index contributed by atoms with van der Waals surface area (Å²) in [7, 11) is -3.87. The third kappa shape index (κ3) is 4.92. The van der Waals surface area contributed by atoms with E-state index >= 15 is 0 Å². The Kier molecular flexibility index (Phi) is 5.35. The lowest BCUT2D eigenvalue weighted by atomic mass is 10.1. The maximum atomic E-state index is 12.0. The molecule has 2 rings (SSSR count). The van der Waals surface area contributed by atoms with Crippen LogP contribution in [0.15, 0.2) is 53.4 Å². The Bertz CT molecular complexity index is 841. The highest BCUT2D eigenvalue weighted by Crippen LogP contribution is 2.14. The number of hydrogen-bond donors (Lipinski definition) is 2. The van der Waals surface area contributed by atoms with Crippen molar-refractivity contribution in [3.05, 3.63) is 59.7 Å². The van der Waals surface area contributed by atoms with Gasteiger partial charge in [-0.2, -0.15) is 0 Å². The Balaban J connectivity index is 2.02. The molecule has 2 aromatic rings. The number of rotatable bonds is 5. The molecule has 0 bridgehead atoms. The van der Waals surface area contributed by atoms with Gasteiger partial charge in [-0.3, -0.25) is 9.59 Å². The van der Waals surface area contributed by atoms with Gasteiger partial charge in [0.1, 0.15) is 0 Å². The first-order valence-corrected chi connectivity index (χ1v) is 8.73. The lowest BCUT2D eigenvalue weighted by Crippen LogP contribution is -2.28. The van der Waals surface area contributed by atoms with Crippen LogP contribution in [-0.4, -0.2) is 20.2 Å². The van der Waals surface area contributed by atoms with Crippen LogP contribution in [0.25, 0.3) is 0 Å². The molecule has 126 valence electrons. The van der Waals surface area contributed by atoms with Crippen LogP contribution in [0.4, 0.5) is 5.69 Å². The SMILES string of the molecule is CC(=O)NS(=O)(=O)c1ccc(NC(=O)Cc2ccc(C)cc2)cc1. The molecular formula is C17H18N2O4S. The molecule has 0 aliphatic heterocycles. The standard InChI is InChI=1S/C17H18N2O4S/c1-12-3-5-14(6-4-12)11-17(21)18-15-7-9-16(10-8-15)24(22,23)19-13(2)20/h3-10H,11H2,1-2H3,(H,18,21)(H,19,20). The number of benzene rings is 2. The second-order valence-corrected chi connectivity index (χ2v) is 7.08. The lowest BCUT2D eigenvalue weighted by Gasteiger charge is -2.08. The summed E-state index contributed by atoms with van der Waals surface area (Å²) in [6, 6.07) is 13.2. The van der Waals surface area contributed by atoms with Crippen molar-refractivity contribution in [1.29, 1.82) is 0 Å². The fraction of sp³-hybridized carbons (Fsp3) is 0.176. The summed E-state index contributed by atoms with van der Waals surface area (Å²) >= 11 is 0. The zero-order valence-corrected chi connectivity index (χ0v) is 14.2. The second-order valence-electron chi connectivity index (χ2n) is 5.40. The summed E-state index contributed by atoms with van der Waals surface area (Å²) in [5.74, 6) is -0.859. The quantitative estimate of drug-likeness (QED) is 0.866. The van der Waals surface area contributed by atoms with E-state index in [0.29, 0.717) is 5.69 Å². The third-order valence-corrected chi connectivity index (χ3v) is 4.66. The molecular weight excluding hydrogens is 328 g/mol. The fourth-order valence-corrected chi connectivity index (χ4v) is 3.05. The number of nitrogens with one attached hydrogen (secondary N) is 2. The first-order chi connectivity index (χ1) is 11.3. The number of anilines is 1. The maximum absolute atomic E-state index is 12.0. The van der Waals surface area contributed by atoms with Crippen LogP contribution in [0.1, 0.15) is 18.1 Å². The van der Waals surface area contributed by atoms with Crippen LogP contribution in [0.5, 0.6) is 0 Å². The van der Waals surface area contributed by atoms with Crippen molar-refractivity contribution >= 4 is 27.5 Å². The summed E-state index contributed by atoms with van der Waals surface area (Å²) in [4.78, 5) is 22.9. The Morgan fingerprint density at radius 3 is 2.08 bits per heavy atom. The minimum absolute atomic E-state index is 0.0470. The van der Waals surface area contributed by atoms with Crippen molar-refractivity contribution in [2.75, 3.05) is 5.32 Å². The Morgan fingerprint density at radius 2 is 1.54 bits per heavy atom. The van der Waals surface area contributed by atoms with Crippen molar-refractivity contribution in [2.45, 2.75) is 25.2 Å². The third-order valence-electron chi connectivity index (χ3n) is 3.21. The molecule has 0 unspecified atom stereocenters. The van der Waals surface area contributed by atoms with Gasteiger partial charge in [-0.1, -0.05) is 29.8 Å². The largest absolute Gasteiger partial charge is 0.326 e. The smallest absolute Gasteiger partial charge is 0.264 e. The molecule has 2 amide bonds. The summed E-state index contributed by atoms with van der Waals surface area (Å²) in [6.45, 7) is 3.09. The Labute approximate surface area is 140 Å². The average molecular weight is 346 g/mol. The van der Waals surface area contributed by atoms with Crippen molar-refractivity contribution in [3.63, 3.8) is 0 Å². The normalized spacial score (nSPS) is 10.9. The molecule has 6 nitrogen and oxygen atoms in total. The molecule has 24 heavy (non-hydrogen) atoms. The summed E-state index contributed by atoms with van der Waals surface area (Å²) in [5, 5.41) is 2.70. The zero-order valence-electron chi connectivity index (χ0n) is 13.4. The molecule has 0 heterocycles. The number of hydrogen-bond acceptors (Lipinski definition) is 4. The molecule has 0 radical (unpaired) electrons. The first kappa shape index (κ1) is 17.7. The molecule has 0 saturated carbocycles. The van der Waals surface area contributed by atoms with Crippen LogP contribution < -0.4 is 10.0 Å². The highest BCUT2D eigenvalue weighted by Gasteiger charge is 2.15. The van der Waals surface area contributed by atoms with E-state index in [1.54, 1.807) is 0 Å². The molecule has 0 aliphatic rings. The summed E-state index contributed by atoms with van der Waals surface area (Å²) in [5.41, 5.74) is 2.49. The zero-order chi connectivity index (χ0) is 17.7. The van der Waals surface area contributed by atoms with E-state index in [1.807, 2.05) is 35.9 Å². The van der Waals surface area contributed by atoms with Gasteiger partial charge in [-0.05, 0) is 36.8 Å². The molecule has 7 heteroatoms. The van der Waals surface area contributed by atoms with Crippen LogP contribution in [-0.2, 0) is 26.0 Å². The molecule has 0 spiro atoms. The van der Waals surface area contributed by atoms with E-state index in [-0.39, 0.29) is 17.2 Å². The number of sulfonamides is 1. The van der Waals surface area contributed by atoms with Crippen molar-refractivity contribution in [1.82, 2.24) is 4.72 Å². The summed E-state index contributed by atoms with van der Waals surface area (Å²) in [6.07, 6.45) is 0.228. The Morgan fingerprint density at radius 1 is 0.958 bits per heavy atom. The van der Waals surface area contributed by atoms with Gasteiger partial charge in [0.15, 0.2) is 0 Å². The van der Waals surface area contributed by atoms with E-state index in [4.69, 9.17) is 0 Å². The highest BCUT2D eigenvalue weighted by atomic mass is 32.2. The predicted molar refractivity (Wildman–Crippen MR) is 91.0 cm³/mol. The minimum atomic E-state index is -3.87. The van der Waals surface area contributed by atoms with Gasteiger partial charge in [0.25, 0.3) is 10.0 Å². The Hall–Kier alpha value is -2.67. The number of aryl methyl sites for hydroxylation is 1. The van der Waals surface area contributed by atoms with E-state index < -0.39 is 15.9 Å². The molecule has 0 aliphatic carbocycles.